The molecule has 20 heavy (non-hydrogen) atoms. The molecule has 102 valence electrons. The molecule has 0 unspecified atom stereocenters. The van der Waals surface area contributed by atoms with Gasteiger partial charge in [-0.15, -0.1) is 0 Å². The van der Waals surface area contributed by atoms with Crippen LogP contribution in [-0.4, -0.2) is 9.55 Å². The largest absolute Gasteiger partial charge is 0.330 e. The quantitative estimate of drug-likeness (QED) is 0.512. The number of rotatable bonds is 1. The summed E-state index contributed by atoms with van der Waals surface area (Å²) in [6, 6.07) is 8.08. The highest BCUT2D eigenvalue weighted by molar-refractivity contribution is 9.10. The maximum atomic E-state index is 13.3. The third-order valence-electron chi connectivity index (χ3n) is 2.85. The number of halogens is 4. The Morgan fingerprint density at radius 2 is 1.80 bits per heavy atom. The fourth-order valence-corrected chi connectivity index (χ4v) is 3.34. The van der Waals surface area contributed by atoms with Crippen molar-refractivity contribution in [3.05, 3.63) is 55.4 Å². The van der Waals surface area contributed by atoms with Gasteiger partial charge in [-0.2, -0.15) is 0 Å². The second-order valence-corrected chi connectivity index (χ2v) is 6.26. The van der Waals surface area contributed by atoms with E-state index in [0.717, 1.165) is 15.5 Å². The summed E-state index contributed by atoms with van der Waals surface area (Å²) < 4.78 is 16.4. The van der Waals surface area contributed by atoms with Crippen LogP contribution in [0.5, 0.6) is 0 Å². The highest BCUT2D eigenvalue weighted by atomic mass is 79.9. The van der Waals surface area contributed by atoms with Crippen LogP contribution in [0.15, 0.2) is 34.8 Å². The van der Waals surface area contributed by atoms with Crippen molar-refractivity contribution in [3.63, 3.8) is 0 Å². The lowest BCUT2D eigenvalue weighted by Crippen LogP contribution is -1.97. The van der Waals surface area contributed by atoms with Crippen molar-refractivity contribution in [1.82, 2.24) is 9.55 Å². The molecule has 1 N–H and O–H groups in total. The molecule has 3 rings (SSSR count). The first-order valence-corrected chi connectivity index (χ1v) is 7.48. The first-order valence-electron chi connectivity index (χ1n) is 5.52. The molecule has 0 aliphatic heterocycles. The minimum absolute atomic E-state index is 0.204. The van der Waals surface area contributed by atoms with Gasteiger partial charge >= 0.3 is 0 Å². The van der Waals surface area contributed by atoms with E-state index in [1.54, 1.807) is 4.57 Å². The molecule has 0 bridgehead atoms. The zero-order chi connectivity index (χ0) is 14.4. The molecule has 0 aliphatic carbocycles. The lowest BCUT2D eigenvalue weighted by molar-refractivity contribution is 0.627. The predicted molar refractivity (Wildman–Crippen MR) is 86.1 cm³/mol. The lowest BCUT2D eigenvalue weighted by Gasteiger charge is -2.09. The summed E-state index contributed by atoms with van der Waals surface area (Å²) in [7, 11) is 0. The number of fused-ring (bicyclic) bond motifs is 1. The Hall–Kier alpha value is -0.880. The lowest BCUT2D eigenvalue weighted by atomic mass is 10.2. The molecule has 0 saturated heterocycles. The minimum Gasteiger partial charge on any atom is -0.330 e. The van der Waals surface area contributed by atoms with Crippen LogP contribution in [-0.2, 0) is 0 Å². The smallest absolute Gasteiger partial charge is 0.182 e. The Kier molecular flexibility index (Phi) is 3.62. The van der Waals surface area contributed by atoms with E-state index < -0.39 is 5.82 Å². The van der Waals surface area contributed by atoms with Crippen molar-refractivity contribution in [3.8, 4) is 5.69 Å². The van der Waals surface area contributed by atoms with E-state index in [2.05, 4.69) is 20.9 Å². The fourth-order valence-electron chi connectivity index (χ4n) is 2.05. The number of nitrogens with zero attached hydrogens (tertiary/aromatic N) is 1. The normalized spacial score (nSPS) is 11.2. The van der Waals surface area contributed by atoms with Crippen LogP contribution in [0.4, 0.5) is 4.39 Å². The molecule has 7 heteroatoms. The van der Waals surface area contributed by atoms with Gasteiger partial charge in [0.05, 0.1) is 26.8 Å². The summed E-state index contributed by atoms with van der Waals surface area (Å²) >= 11 is 20.9. The van der Waals surface area contributed by atoms with Gasteiger partial charge in [-0.05, 0) is 42.5 Å². The molecule has 0 radical (unpaired) electrons. The predicted octanol–water partition coefficient (Wildman–Crippen LogP) is 5.90. The van der Waals surface area contributed by atoms with Gasteiger partial charge in [0.25, 0.3) is 0 Å². The van der Waals surface area contributed by atoms with Crippen LogP contribution in [0.1, 0.15) is 0 Å². The molecule has 2 aromatic carbocycles. The van der Waals surface area contributed by atoms with Crippen molar-refractivity contribution in [2.45, 2.75) is 0 Å². The molecular weight excluding hydrogens is 386 g/mol. The highest BCUT2D eigenvalue weighted by Crippen LogP contribution is 2.33. The summed E-state index contributed by atoms with van der Waals surface area (Å²) in [4.78, 5) is 3.07. The number of hydrogen-bond acceptors (Lipinski definition) is 1. The van der Waals surface area contributed by atoms with Crippen molar-refractivity contribution >= 4 is 62.4 Å². The summed E-state index contributed by atoms with van der Waals surface area (Å²) in [5.41, 5.74) is 2.11. The Balaban J connectivity index is 2.41. The number of imidazole rings is 1. The van der Waals surface area contributed by atoms with Gasteiger partial charge < -0.3 is 4.98 Å². The van der Waals surface area contributed by atoms with Crippen molar-refractivity contribution in [2.75, 3.05) is 0 Å². The highest BCUT2D eigenvalue weighted by Gasteiger charge is 2.15. The second-order valence-electron chi connectivity index (χ2n) is 4.15. The molecule has 0 aliphatic rings. The summed E-state index contributed by atoms with van der Waals surface area (Å²) in [6.45, 7) is 0. The second kappa shape index (κ2) is 5.15. The summed E-state index contributed by atoms with van der Waals surface area (Å²) in [5.74, 6) is -0.488. The number of aromatic amines is 1. The molecule has 0 fully saturated rings. The molecular formula is C13H6BrCl2FN2S. The first-order chi connectivity index (χ1) is 9.47. The topological polar surface area (TPSA) is 20.7 Å². The third kappa shape index (κ3) is 2.29. The number of H-pyrrole nitrogens is 1. The average molecular weight is 392 g/mol. The zero-order valence-corrected chi connectivity index (χ0v) is 13.7. The summed E-state index contributed by atoms with van der Waals surface area (Å²) in [5, 5.41) is 0.407. The maximum Gasteiger partial charge on any atom is 0.182 e. The SMILES string of the molecule is Fc1cc(Cl)c(-n2c(=S)[nH]c3cc(Br)ccc32)c(Cl)c1. The van der Waals surface area contributed by atoms with Gasteiger partial charge in [0.2, 0.25) is 0 Å². The van der Waals surface area contributed by atoms with Gasteiger partial charge in [-0.25, -0.2) is 4.39 Å². The molecule has 2 nitrogen and oxygen atoms in total. The van der Waals surface area contributed by atoms with Gasteiger partial charge in [-0.3, -0.25) is 4.57 Å². The van der Waals surface area contributed by atoms with Crippen LogP contribution in [0.2, 0.25) is 10.0 Å². The van der Waals surface area contributed by atoms with Crippen molar-refractivity contribution in [2.24, 2.45) is 0 Å². The van der Waals surface area contributed by atoms with E-state index in [-0.39, 0.29) is 10.0 Å². The van der Waals surface area contributed by atoms with E-state index in [0.29, 0.717) is 10.5 Å². The van der Waals surface area contributed by atoms with Gasteiger partial charge in [0.1, 0.15) is 5.82 Å². The van der Waals surface area contributed by atoms with E-state index >= 15 is 0 Å². The van der Waals surface area contributed by atoms with E-state index in [9.17, 15) is 4.39 Å². The zero-order valence-electron chi connectivity index (χ0n) is 9.75. The minimum atomic E-state index is -0.488. The van der Waals surface area contributed by atoms with Crippen LogP contribution >= 0.6 is 51.3 Å². The monoisotopic (exact) mass is 390 g/mol. The number of hydrogen-bond donors (Lipinski definition) is 1. The average Bonchev–Trinajstić information content (AvgIpc) is 2.64. The van der Waals surface area contributed by atoms with Crippen LogP contribution in [0.25, 0.3) is 16.7 Å². The van der Waals surface area contributed by atoms with E-state index in [4.69, 9.17) is 35.4 Å². The Labute approximate surface area is 137 Å². The van der Waals surface area contributed by atoms with Crippen LogP contribution in [0.3, 0.4) is 0 Å². The Morgan fingerprint density at radius 1 is 1.15 bits per heavy atom. The molecule has 0 spiro atoms. The first kappa shape index (κ1) is 14.1. The van der Waals surface area contributed by atoms with Crippen molar-refractivity contribution < 1.29 is 4.39 Å². The number of nitrogens with one attached hydrogen (secondary N) is 1. The molecule has 0 amide bonds. The standard InChI is InChI=1S/C13H6BrCl2FN2S/c14-6-1-2-11-10(3-6)18-13(20)19(11)12-8(15)4-7(17)5-9(12)16/h1-5H,(H,18,20). The van der Waals surface area contributed by atoms with Crippen LogP contribution in [0, 0.1) is 10.6 Å². The van der Waals surface area contributed by atoms with Gasteiger partial charge in [0, 0.05) is 4.47 Å². The molecule has 1 heterocycles. The molecule has 3 aromatic rings. The van der Waals surface area contributed by atoms with Crippen molar-refractivity contribution in [1.29, 1.82) is 0 Å². The molecule has 1 aromatic heterocycles. The number of benzene rings is 2. The summed E-state index contributed by atoms with van der Waals surface area (Å²) in [6.07, 6.45) is 0. The van der Waals surface area contributed by atoms with Crippen LogP contribution < -0.4 is 0 Å². The fraction of sp³-hybridized carbons (Fsp3) is 0. The van der Waals surface area contributed by atoms with Gasteiger partial charge in [-0.1, -0.05) is 39.1 Å². The Morgan fingerprint density at radius 3 is 2.45 bits per heavy atom. The van der Waals surface area contributed by atoms with E-state index in [1.165, 1.54) is 12.1 Å². The van der Waals surface area contributed by atoms with E-state index in [1.807, 2.05) is 18.2 Å². The van der Waals surface area contributed by atoms with Gasteiger partial charge in [0.15, 0.2) is 4.77 Å². The molecule has 0 atom stereocenters. The number of aromatic nitrogens is 2. The Bertz CT molecular complexity index is 865. The third-order valence-corrected chi connectivity index (χ3v) is 4.20. The molecule has 0 saturated carbocycles. The maximum absolute atomic E-state index is 13.3.